The van der Waals surface area contributed by atoms with Crippen LogP contribution in [0.1, 0.15) is 26.3 Å². The molecule has 0 aliphatic carbocycles. The van der Waals surface area contributed by atoms with Gasteiger partial charge in [-0.2, -0.15) is 0 Å². The molecule has 0 atom stereocenters. The lowest BCUT2D eigenvalue weighted by Gasteiger charge is -2.22. The molecule has 0 radical (unpaired) electrons. The van der Waals surface area contributed by atoms with Crippen LogP contribution in [0.15, 0.2) is 152 Å². The molecule has 0 saturated carbocycles. The Bertz CT molecular complexity index is 2420. The summed E-state index contributed by atoms with van der Waals surface area (Å²) in [5.41, 5.74) is 6.35. The zero-order valence-electron chi connectivity index (χ0n) is 26.4. The van der Waals surface area contributed by atoms with Crippen LogP contribution in [-0.4, -0.2) is 0 Å². The van der Waals surface area contributed by atoms with Crippen molar-refractivity contribution in [3.63, 3.8) is 0 Å². The van der Waals surface area contributed by atoms with Crippen LogP contribution in [0, 0.1) is 0 Å². The van der Waals surface area contributed by atoms with E-state index >= 15 is 0 Å². The molecule has 0 aromatic heterocycles. The van der Waals surface area contributed by atoms with Gasteiger partial charge in [-0.15, -0.1) is 0 Å². The first kappa shape index (κ1) is 26.9. The normalized spacial score (nSPS) is 12.2. The Balaban J connectivity index is 1.29. The van der Waals surface area contributed by atoms with Gasteiger partial charge in [0.2, 0.25) is 0 Å². The van der Waals surface area contributed by atoms with Crippen LogP contribution in [0.2, 0.25) is 0 Å². The molecule has 0 nitrogen and oxygen atoms in total. The van der Waals surface area contributed by atoms with E-state index in [-0.39, 0.29) is 5.41 Å². The highest BCUT2D eigenvalue weighted by molar-refractivity contribution is 6.27. The highest BCUT2D eigenvalue weighted by Crippen LogP contribution is 2.41. The predicted octanol–water partition coefficient (Wildman–Crippen LogP) is 13.2. The number of rotatable bonds is 2. The quantitative estimate of drug-likeness (QED) is 0.177. The maximum absolute atomic E-state index is 2.41. The van der Waals surface area contributed by atoms with Crippen molar-refractivity contribution in [2.24, 2.45) is 0 Å². The van der Waals surface area contributed by atoms with Gasteiger partial charge in [-0.3, -0.25) is 0 Å². The van der Waals surface area contributed by atoms with E-state index in [2.05, 4.69) is 172 Å². The van der Waals surface area contributed by atoms with E-state index < -0.39 is 0 Å². The third-order valence-corrected chi connectivity index (χ3v) is 9.95. The van der Waals surface area contributed by atoms with Crippen molar-refractivity contribution in [1.29, 1.82) is 0 Å². The minimum absolute atomic E-state index is 0.00422. The van der Waals surface area contributed by atoms with Crippen molar-refractivity contribution in [3.8, 4) is 22.3 Å². The molecule has 0 saturated heterocycles. The fourth-order valence-corrected chi connectivity index (χ4v) is 7.57. The smallest absolute Gasteiger partial charge is 0.00928 e. The Morgan fingerprint density at radius 1 is 0.261 bits per heavy atom. The first-order chi connectivity index (χ1) is 22.4. The van der Waals surface area contributed by atoms with Crippen molar-refractivity contribution in [1.82, 2.24) is 0 Å². The van der Waals surface area contributed by atoms with E-state index in [1.54, 1.807) is 0 Å². The second-order valence-corrected chi connectivity index (χ2v) is 13.8. The van der Waals surface area contributed by atoms with E-state index in [9.17, 15) is 0 Å². The summed E-state index contributed by atoms with van der Waals surface area (Å²) >= 11 is 0. The molecule has 0 heteroatoms. The Morgan fingerprint density at radius 2 is 0.543 bits per heavy atom. The van der Waals surface area contributed by atoms with Gasteiger partial charge in [0.05, 0.1) is 0 Å². The third-order valence-electron chi connectivity index (χ3n) is 9.95. The summed E-state index contributed by atoms with van der Waals surface area (Å²) in [5, 5.41) is 15.7. The highest BCUT2D eigenvalue weighted by atomic mass is 14.2. The van der Waals surface area contributed by atoms with E-state index in [0.29, 0.717) is 0 Å². The Kier molecular flexibility index (Phi) is 5.86. The van der Waals surface area contributed by atoms with Crippen LogP contribution < -0.4 is 0 Å². The Morgan fingerprint density at radius 3 is 0.848 bits per heavy atom. The van der Waals surface area contributed by atoms with Gasteiger partial charge in [0.25, 0.3) is 0 Å². The molecule has 0 amide bonds. The Labute approximate surface area is 269 Å². The van der Waals surface area contributed by atoms with Gasteiger partial charge in [0.15, 0.2) is 0 Å². The summed E-state index contributed by atoms with van der Waals surface area (Å²) in [6, 6.07) is 56.6. The van der Waals surface area contributed by atoms with Crippen LogP contribution in [0.25, 0.3) is 86.9 Å². The van der Waals surface area contributed by atoms with Crippen molar-refractivity contribution in [2.45, 2.75) is 26.2 Å². The van der Waals surface area contributed by atoms with Crippen LogP contribution in [0.5, 0.6) is 0 Å². The maximum Gasteiger partial charge on any atom is -0.00928 e. The van der Waals surface area contributed by atoms with Crippen LogP contribution in [0.4, 0.5) is 0 Å². The van der Waals surface area contributed by atoms with E-state index in [4.69, 9.17) is 0 Å². The SMILES string of the molecule is CC(C)(C)c1cc(-c2ccc3c4ccccc4c4ccccc4c3c2)cc(-c2ccc3c4ccccc4c4ccccc4c3c2)c1. The zero-order valence-corrected chi connectivity index (χ0v) is 26.4. The topological polar surface area (TPSA) is 0 Å². The summed E-state index contributed by atoms with van der Waals surface area (Å²) in [5.74, 6) is 0. The molecule has 218 valence electrons. The largest absolute Gasteiger partial charge is 0.0616 e. The molecule has 9 rings (SSSR count). The van der Waals surface area contributed by atoms with Crippen LogP contribution in [-0.2, 0) is 5.41 Å². The second kappa shape index (κ2) is 10.0. The van der Waals surface area contributed by atoms with Gasteiger partial charge in [-0.05, 0) is 116 Å². The molecule has 0 spiro atoms. The van der Waals surface area contributed by atoms with Crippen molar-refractivity contribution >= 4 is 64.6 Å². The first-order valence-electron chi connectivity index (χ1n) is 16.3. The van der Waals surface area contributed by atoms with Crippen LogP contribution >= 0.6 is 0 Å². The van der Waals surface area contributed by atoms with Crippen LogP contribution in [0.3, 0.4) is 0 Å². The molecule has 0 N–H and O–H groups in total. The third kappa shape index (κ3) is 4.14. The number of hydrogen-bond donors (Lipinski definition) is 0. The summed E-state index contributed by atoms with van der Waals surface area (Å²) in [4.78, 5) is 0. The van der Waals surface area contributed by atoms with Gasteiger partial charge in [0, 0.05) is 0 Å². The number of fused-ring (bicyclic) bond motifs is 12. The molecule has 0 heterocycles. The molecule has 0 bridgehead atoms. The molecule has 0 fully saturated rings. The predicted molar refractivity (Wildman–Crippen MR) is 201 cm³/mol. The second-order valence-electron chi connectivity index (χ2n) is 13.8. The van der Waals surface area contributed by atoms with Crippen molar-refractivity contribution in [3.05, 3.63) is 157 Å². The fourth-order valence-electron chi connectivity index (χ4n) is 7.57. The lowest BCUT2D eigenvalue weighted by molar-refractivity contribution is 0.590. The van der Waals surface area contributed by atoms with Gasteiger partial charge in [-0.1, -0.05) is 154 Å². The molecular formula is C46H34. The minimum atomic E-state index is 0.00422. The lowest BCUT2D eigenvalue weighted by Crippen LogP contribution is -2.11. The Hall–Kier alpha value is -5.46. The molecule has 9 aromatic carbocycles. The maximum atomic E-state index is 2.41. The van der Waals surface area contributed by atoms with Crippen molar-refractivity contribution < 1.29 is 0 Å². The molecule has 9 aromatic rings. The van der Waals surface area contributed by atoms with Gasteiger partial charge in [0.1, 0.15) is 0 Å². The first-order valence-corrected chi connectivity index (χ1v) is 16.3. The fraction of sp³-hybridized carbons (Fsp3) is 0.0870. The molecular weight excluding hydrogens is 553 g/mol. The standard InChI is InChI=1S/C46H34/c1-46(2,3)33-25-31(29-20-22-42-38-16-6-4-12-34(38)36-14-8-10-18-40(36)44(42)27-29)24-32(26-33)30-21-23-43-39-17-7-5-13-35(39)37-15-9-11-19-41(37)45(43)28-30/h4-28H,1-3H3. The average Bonchev–Trinajstić information content (AvgIpc) is 3.11. The summed E-state index contributed by atoms with van der Waals surface area (Å²) in [7, 11) is 0. The minimum Gasteiger partial charge on any atom is -0.0616 e. The number of benzene rings is 9. The van der Waals surface area contributed by atoms with Gasteiger partial charge >= 0.3 is 0 Å². The zero-order chi connectivity index (χ0) is 31.0. The summed E-state index contributed by atoms with van der Waals surface area (Å²) in [6.07, 6.45) is 0. The molecule has 0 unspecified atom stereocenters. The van der Waals surface area contributed by atoms with E-state index in [1.807, 2.05) is 0 Å². The van der Waals surface area contributed by atoms with Gasteiger partial charge < -0.3 is 0 Å². The lowest BCUT2D eigenvalue weighted by atomic mass is 9.82. The van der Waals surface area contributed by atoms with Gasteiger partial charge in [-0.25, -0.2) is 0 Å². The molecule has 46 heavy (non-hydrogen) atoms. The van der Waals surface area contributed by atoms with Crippen molar-refractivity contribution in [2.75, 3.05) is 0 Å². The van der Waals surface area contributed by atoms with E-state index in [0.717, 1.165) is 0 Å². The van der Waals surface area contributed by atoms with E-state index in [1.165, 1.54) is 92.5 Å². The monoisotopic (exact) mass is 586 g/mol. The number of hydrogen-bond acceptors (Lipinski definition) is 0. The summed E-state index contributed by atoms with van der Waals surface area (Å²) in [6.45, 7) is 6.95. The highest BCUT2D eigenvalue weighted by Gasteiger charge is 2.18. The molecule has 0 aliphatic heterocycles. The average molecular weight is 587 g/mol. The summed E-state index contributed by atoms with van der Waals surface area (Å²) < 4.78 is 0. The molecule has 0 aliphatic rings.